The van der Waals surface area contributed by atoms with E-state index in [0.29, 0.717) is 0 Å². The Morgan fingerprint density at radius 2 is 0.754 bits per heavy atom. The molecule has 0 N–H and O–H groups in total. The van der Waals surface area contributed by atoms with E-state index in [9.17, 15) is 0 Å². The zero-order valence-corrected chi connectivity index (χ0v) is 40.0. The Balaban J connectivity index is 1.20. The maximum atomic E-state index is 2.56. The van der Waals surface area contributed by atoms with Gasteiger partial charge in [-0.25, -0.2) is 0 Å². The van der Waals surface area contributed by atoms with Gasteiger partial charge in [-0.3, -0.25) is 0 Å². The molecular weight excluding hydrogens is 833 g/mol. The fourth-order valence-corrected chi connectivity index (χ4v) is 12.7. The molecule has 1 spiro atoms. The maximum absolute atomic E-state index is 2.56. The molecule has 13 rings (SSSR count). The standard InChI is InChI=1S/C67H52N2/c1-41-33-42(2)36-48(35-41)68(61-29-17-7-19-45(61)5)47-31-32-56-57(39-47)50-21-9-11-25-54(50)64-58-40-63(69(62-30-18-8-20-46(62)6)49-37-43(3)34-44(4)38-49)53-24-10-12-26-55(53)65(58)67(66(56)64)59-27-15-13-22-51(59)52-23-14-16-28-60(52)67/h7-40H,1-6H3. The van der Waals surface area contributed by atoms with Crippen molar-refractivity contribution in [3.8, 4) is 22.3 Å². The van der Waals surface area contributed by atoms with Crippen LogP contribution >= 0.6 is 0 Å². The van der Waals surface area contributed by atoms with Gasteiger partial charge in [0, 0.05) is 33.8 Å². The number of rotatable bonds is 6. The average molecular weight is 885 g/mol. The van der Waals surface area contributed by atoms with Crippen molar-refractivity contribution in [2.45, 2.75) is 47.0 Å². The predicted molar refractivity (Wildman–Crippen MR) is 293 cm³/mol. The SMILES string of the molecule is Cc1cc(C)cc(N(c2ccc3c4c(c5ccccc5c3c2)-c2cc(N(c3cc(C)cc(C)c3)c3ccccc3C)c3ccccc3c2C42c3ccccc3-c3ccccc32)c2ccccc2C)c1. The number of hydrogen-bond acceptors (Lipinski definition) is 2. The molecule has 11 aromatic carbocycles. The quantitative estimate of drug-likeness (QED) is 0.154. The van der Waals surface area contributed by atoms with E-state index in [0.717, 1.165) is 17.1 Å². The minimum Gasteiger partial charge on any atom is -0.310 e. The van der Waals surface area contributed by atoms with Crippen molar-refractivity contribution in [1.29, 1.82) is 0 Å². The molecule has 0 aromatic heterocycles. The fraction of sp³-hybridized carbons (Fsp3) is 0.104. The van der Waals surface area contributed by atoms with E-state index in [1.165, 1.54) is 127 Å². The molecule has 0 amide bonds. The highest BCUT2D eigenvalue weighted by Gasteiger charge is 2.54. The molecule has 0 saturated carbocycles. The molecule has 2 aliphatic carbocycles. The van der Waals surface area contributed by atoms with Gasteiger partial charge in [0.05, 0.1) is 11.1 Å². The molecule has 2 nitrogen and oxygen atoms in total. The van der Waals surface area contributed by atoms with Crippen molar-refractivity contribution in [2.75, 3.05) is 9.80 Å². The summed E-state index contributed by atoms with van der Waals surface area (Å²) in [4.78, 5) is 5.00. The Labute approximate surface area is 405 Å². The summed E-state index contributed by atoms with van der Waals surface area (Å²) in [5, 5.41) is 7.54. The lowest BCUT2D eigenvalue weighted by molar-refractivity contribution is 0.809. The van der Waals surface area contributed by atoms with Crippen LogP contribution in [0.5, 0.6) is 0 Å². The highest BCUT2D eigenvalue weighted by atomic mass is 15.2. The van der Waals surface area contributed by atoms with Gasteiger partial charge in [0.25, 0.3) is 0 Å². The summed E-state index contributed by atoms with van der Waals surface area (Å²) in [5.74, 6) is 0. The fourth-order valence-electron chi connectivity index (χ4n) is 12.7. The molecule has 0 fully saturated rings. The number of benzene rings is 11. The number of aryl methyl sites for hydroxylation is 6. The van der Waals surface area contributed by atoms with Crippen LogP contribution in [0.25, 0.3) is 54.6 Å². The van der Waals surface area contributed by atoms with Crippen LogP contribution in [0, 0.1) is 41.5 Å². The largest absolute Gasteiger partial charge is 0.310 e. The monoisotopic (exact) mass is 884 g/mol. The first-order valence-electron chi connectivity index (χ1n) is 24.3. The van der Waals surface area contributed by atoms with Gasteiger partial charge < -0.3 is 9.80 Å². The smallest absolute Gasteiger partial charge is 0.0737 e. The summed E-state index contributed by atoms with van der Waals surface area (Å²) in [6.07, 6.45) is 0. The maximum Gasteiger partial charge on any atom is 0.0737 e. The molecule has 0 radical (unpaired) electrons. The first-order valence-corrected chi connectivity index (χ1v) is 24.3. The van der Waals surface area contributed by atoms with Crippen LogP contribution < -0.4 is 9.80 Å². The molecule has 0 heterocycles. The third kappa shape index (κ3) is 5.98. The molecule has 330 valence electrons. The van der Waals surface area contributed by atoms with Crippen LogP contribution in [0.1, 0.15) is 55.6 Å². The van der Waals surface area contributed by atoms with Gasteiger partial charge in [0.15, 0.2) is 0 Å². The van der Waals surface area contributed by atoms with Crippen molar-refractivity contribution in [2.24, 2.45) is 0 Å². The van der Waals surface area contributed by atoms with Crippen LogP contribution in [0.4, 0.5) is 34.1 Å². The molecule has 0 unspecified atom stereocenters. The normalized spacial score (nSPS) is 12.9. The van der Waals surface area contributed by atoms with Crippen molar-refractivity contribution in [3.63, 3.8) is 0 Å². The Bertz CT molecular complexity index is 3860. The highest BCUT2D eigenvalue weighted by Crippen LogP contribution is 2.67. The van der Waals surface area contributed by atoms with E-state index in [1.54, 1.807) is 0 Å². The summed E-state index contributed by atoms with van der Waals surface area (Å²) in [5.41, 5.74) is 24.4. The van der Waals surface area contributed by atoms with Crippen molar-refractivity contribution >= 4 is 66.4 Å². The molecule has 69 heavy (non-hydrogen) atoms. The van der Waals surface area contributed by atoms with Crippen LogP contribution in [0.3, 0.4) is 0 Å². The van der Waals surface area contributed by atoms with E-state index < -0.39 is 5.41 Å². The summed E-state index contributed by atoms with van der Waals surface area (Å²) in [6, 6.07) is 78.3. The van der Waals surface area contributed by atoms with E-state index in [2.05, 4.69) is 258 Å². The van der Waals surface area contributed by atoms with Crippen LogP contribution in [0.2, 0.25) is 0 Å². The number of para-hydroxylation sites is 2. The Hall–Kier alpha value is -8.20. The third-order valence-corrected chi connectivity index (χ3v) is 15.1. The average Bonchev–Trinajstić information content (AvgIpc) is 3.83. The summed E-state index contributed by atoms with van der Waals surface area (Å²) in [6.45, 7) is 13.3. The molecule has 0 atom stereocenters. The first-order chi connectivity index (χ1) is 33.7. The lowest BCUT2D eigenvalue weighted by atomic mass is 9.68. The second kappa shape index (κ2) is 15.4. The van der Waals surface area contributed by atoms with Crippen molar-refractivity contribution in [3.05, 3.63) is 262 Å². The number of fused-ring (bicyclic) bond motifs is 17. The van der Waals surface area contributed by atoms with E-state index in [1.807, 2.05) is 0 Å². The summed E-state index contributed by atoms with van der Waals surface area (Å²) in [7, 11) is 0. The number of hydrogen-bond donors (Lipinski definition) is 0. The lowest BCUT2D eigenvalue weighted by Crippen LogP contribution is -2.27. The van der Waals surface area contributed by atoms with Gasteiger partial charge in [0.2, 0.25) is 0 Å². The van der Waals surface area contributed by atoms with Crippen LogP contribution in [0.15, 0.2) is 206 Å². The molecule has 2 heteroatoms. The summed E-state index contributed by atoms with van der Waals surface area (Å²) < 4.78 is 0. The highest BCUT2D eigenvalue weighted by molar-refractivity contribution is 6.23. The van der Waals surface area contributed by atoms with E-state index in [-0.39, 0.29) is 0 Å². The zero-order chi connectivity index (χ0) is 46.7. The third-order valence-electron chi connectivity index (χ3n) is 15.1. The molecule has 11 aromatic rings. The molecule has 0 bridgehead atoms. The second-order valence-corrected chi connectivity index (χ2v) is 19.7. The Morgan fingerprint density at radius 1 is 0.290 bits per heavy atom. The lowest BCUT2D eigenvalue weighted by Gasteiger charge is -2.34. The molecule has 0 saturated heterocycles. The predicted octanol–water partition coefficient (Wildman–Crippen LogP) is 18.3. The number of nitrogens with zero attached hydrogens (tertiary/aromatic N) is 2. The summed E-state index contributed by atoms with van der Waals surface area (Å²) >= 11 is 0. The second-order valence-electron chi connectivity index (χ2n) is 19.7. The minimum atomic E-state index is -0.615. The van der Waals surface area contributed by atoms with Crippen LogP contribution in [-0.2, 0) is 5.41 Å². The minimum absolute atomic E-state index is 0.615. The number of anilines is 6. The zero-order valence-electron chi connectivity index (χ0n) is 40.0. The van der Waals surface area contributed by atoms with E-state index >= 15 is 0 Å². The van der Waals surface area contributed by atoms with Gasteiger partial charge in [-0.2, -0.15) is 0 Å². The Morgan fingerprint density at radius 3 is 1.35 bits per heavy atom. The van der Waals surface area contributed by atoms with Crippen molar-refractivity contribution in [1.82, 2.24) is 0 Å². The van der Waals surface area contributed by atoms with Crippen LogP contribution in [-0.4, -0.2) is 0 Å². The van der Waals surface area contributed by atoms with Gasteiger partial charge >= 0.3 is 0 Å². The first kappa shape index (κ1) is 41.0. The van der Waals surface area contributed by atoms with Gasteiger partial charge in [0.1, 0.15) is 0 Å². The topological polar surface area (TPSA) is 6.48 Å². The van der Waals surface area contributed by atoms with Gasteiger partial charge in [-0.05, 0) is 201 Å². The van der Waals surface area contributed by atoms with Crippen molar-refractivity contribution < 1.29 is 0 Å². The van der Waals surface area contributed by atoms with E-state index in [4.69, 9.17) is 0 Å². The van der Waals surface area contributed by atoms with Gasteiger partial charge in [-0.1, -0.05) is 152 Å². The molecular formula is C67H52N2. The Kier molecular flexibility index (Phi) is 9.17. The molecule has 2 aliphatic rings. The molecule has 0 aliphatic heterocycles. The van der Waals surface area contributed by atoms with Gasteiger partial charge in [-0.15, -0.1) is 0 Å².